The molecule has 2 aromatic carbocycles. The van der Waals surface area contributed by atoms with Gasteiger partial charge in [0.25, 0.3) is 0 Å². The summed E-state index contributed by atoms with van der Waals surface area (Å²) in [6.45, 7) is 7.05. The number of rotatable bonds is 4. The molecule has 146 valence electrons. The summed E-state index contributed by atoms with van der Waals surface area (Å²) in [6.07, 6.45) is 4.02. The van der Waals surface area contributed by atoms with Crippen molar-refractivity contribution < 1.29 is 9.84 Å². The van der Waals surface area contributed by atoms with Gasteiger partial charge >= 0.3 is 0 Å². The van der Waals surface area contributed by atoms with Crippen LogP contribution in [0.5, 0.6) is 11.5 Å². The fourth-order valence-corrected chi connectivity index (χ4v) is 3.71. The van der Waals surface area contributed by atoms with Gasteiger partial charge < -0.3 is 9.84 Å². The molecule has 1 aliphatic rings. The Bertz CT molecular complexity index is 984. The molecule has 3 aromatic rings. The van der Waals surface area contributed by atoms with Crippen LogP contribution in [-0.4, -0.2) is 32.9 Å². The minimum Gasteiger partial charge on any atom is -0.504 e. The van der Waals surface area contributed by atoms with E-state index in [9.17, 15) is 5.11 Å². The zero-order valence-corrected chi connectivity index (χ0v) is 16.9. The Balaban J connectivity index is 1.60. The van der Waals surface area contributed by atoms with Crippen LogP contribution in [0.25, 0.3) is 11.1 Å². The SMILES string of the molecule is CC(C)n1cc(CN2CCOc3c(O)cc(-c4cccc(Cl)c4)cc3C2)cn1. The molecule has 1 aromatic heterocycles. The van der Waals surface area contributed by atoms with E-state index in [2.05, 4.69) is 36.1 Å². The van der Waals surface area contributed by atoms with Crippen molar-refractivity contribution in [1.29, 1.82) is 0 Å². The Hall–Kier alpha value is -2.50. The Morgan fingerprint density at radius 1 is 1.21 bits per heavy atom. The van der Waals surface area contributed by atoms with Crippen molar-refractivity contribution >= 4 is 11.6 Å². The number of phenols is 1. The lowest BCUT2D eigenvalue weighted by molar-refractivity contribution is 0.217. The first-order chi connectivity index (χ1) is 13.5. The topological polar surface area (TPSA) is 50.5 Å². The van der Waals surface area contributed by atoms with Crippen molar-refractivity contribution in [3.05, 3.63) is 64.9 Å². The Morgan fingerprint density at radius 2 is 2.07 bits per heavy atom. The standard InChI is InChI=1S/C22H24ClN3O2/c1-15(2)26-13-16(11-24-26)12-25-6-7-28-22-19(14-25)8-18(10-21(22)27)17-4-3-5-20(23)9-17/h3-5,8-11,13,15,27H,6-7,12,14H2,1-2H3. The van der Waals surface area contributed by atoms with Crippen molar-refractivity contribution in [2.24, 2.45) is 0 Å². The number of ether oxygens (including phenoxy) is 1. The van der Waals surface area contributed by atoms with Gasteiger partial charge in [-0.15, -0.1) is 0 Å². The largest absolute Gasteiger partial charge is 0.504 e. The number of hydrogen-bond acceptors (Lipinski definition) is 4. The zero-order chi connectivity index (χ0) is 19.7. The highest BCUT2D eigenvalue weighted by Crippen LogP contribution is 2.38. The molecule has 0 aliphatic carbocycles. The van der Waals surface area contributed by atoms with Gasteiger partial charge in [-0.05, 0) is 49.2 Å². The number of hydrogen-bond donors (Lipinski definition) is 1. The molecule has 0 saturated heterocycles. The monoisotopic (exact) mass is 397 g/mol. The van der Waals surface area contributed by atoms with Crippen molar-refractivity contribution in [1.82, 2.24) is 14.7 Å². The van der Waals surface area contributed by atoms with Crippen LogP contribution >= 0.6 is 11.6 Å². The molecule has 1 N–H and O–H groups in total. The van der Waals surface area contributed by atoms with Crippen LogP contribution < -0.4 is 4.74 Å². The first kappa shape index (κ1) is 18.8. The van der Waals surface area contributed by atoms with Crippen molar-refractivity contribution in [2.75, 3.05) is 13.2 Å². The summed E-state index contributed by atoms with van der Waals surface area (Å²) in [5, 5.41) is 15.6. The predicted octanol–water partition coefficient (Wildman–Crippen LogP) is 4.88. The van der Waals surface area contributed by atoms with Gasteiger partial charge in [-0.3, -0.25) is 9.58 Å². The average Bonchev–Trinajstić information content (AvgIpc) is 3.02. The van der Waals surface area contributed by atoms with Crippen LogP contribution in [0, 0.1) is 0 Å². The van der Waals surface area contributed by atoms with E-state index in [0.29, 0.717) is 30.0 Å². The Kier molecular flexibility index (Phi) is 5.29. The summed E-state index contributed by atoms with van der Waals surface area (Å²) in [6, 6.07) is 11.8. The van der Waals surface area contributed by atoms with Crippen LogP contribution in [0.4, 0.5) is 0 Å². The van der Waals surface area contributed by atoms with Crippen LogP contribution in [0.3, 0.4) is 0 Å². The Morgan fingerprint density at radius 3 is 2.82 bits per heavy atom. The van der Waals surface area contributed by atoms with E-state index in [1.54, 1.807) is 6.07 Å². The third kappa shape index (κ3) is 4.01. The number of benzene rings is 2. The lowest BCUT2D eigenvalue weighted by Crippen LogP contribution is -2.25. The lowest BCUT2D eigenvalue weighted by atomic mass is 10.0. The number of fused-ring (bicyclic) bond motifs is 1. The summed E-state index contributed by atoms with van der Waals surface area (Å²) in [5.41, 5.74) is 4.05. The molecule has 0 fully saturated rings. The van der Waals surface area contributed by atoms with E-state index >= 15 is 0 Å². The highest BCUT2D eigenvalue weighted by Gasteiger charge is 2.20. The summed E-state index contributed by atoms with van der Waals surface area (Å²) >= 11 is 6.14. The smallest absolute Gasteiger partial charge is 0.165 e. The van der Waals surface area contributed by atoms with E-state index in [1.807, 2.05) is 35.1 Å². The molecule has 0 amide bonds. The highest BCUT2D eigenvalue weighted by molar-refractivity contribution is 6.30. The number of phenolic OH excluding ortho intramolecular Hbond substituents is 1. The number of nitrogens with zero attached hydrogens (tertiary/aromatic N) is 3. The summed E-state index contributed by atoms with van der Waals surface area (Å²) < 4.78 is 7.84. The summed E-state index contributed by atoms with van der Waals surface area (Å²) in [4.78, 5) is 2.31. The van der Waals surface area contributed by atoms with Gasteiger partial charge in [-0.2, -0.15) is 5.10 Å². The van der Waals surface area contributed by atoms with Crippen LogP contribution in [-0.2, 0) is 13.1 Å². The lowest BCUT2D eigenvalue weighted by Gasteiger charge is -2.18. The van der Waals surface area contributed by atoms with Gasteiger partial charge in [0.15, 0.2) is 11.5 Å². The number of aromatic hydroxyl groups is 1. The predicted molar refractivity (Wildman–Crippen MR) is 111 cm³/mol. The van der Waals surface area contributed by atoms with Crippen LogP contribution in [0.15, 0.2) is 48.8 Å². The molecule has 4 rings (SSSR count). The Labute approximate surface area is 170 Å². The first-order valence-electron chi connectivity index (χ1n) is 9.49. The molecule has 0 unspecified atom stereocenters. The van der Waals surface area contributed by atoms with Gasteiger partial charge in [-0.25, -0.2) is 0 Å². The summed E-state index contributed by atoms with van der Waals surface area (Å²) in [7, 11) is 0. The zero-order valence-electron chi connectivity index (χ0n) is 16.1. The third-order valence-corrected chi connectivity index (χ3v) is 5.18. The maximum atomic E-state index is 10.5. The highest BCUT2D eigenvalue weighted by atomic mass is 35.5. The maximum absolute atomic E-state index is 10.5. The normalized spacial score (nSPS) is 14.6. The summed E-state index contributed by atoms with van der Waals surface area (Å²) in [5.74, 6) is 0.744. The fraction of sp³-hybridized carbons (Fsp3) is 0.318. The minimum atomic E-state index is 0.168. The molecule has 5 nitrogen and oxygen atoms in total. The second kappa shape index (κ2) is 7.86. The van der Waals surface area contributed by atoms with E-state index in [4.69, 9.17) is 16.3 Å². The van der Waals surface area contributed by atoms with Gasteiger partial charge in [-0.1, -0.05) is 23.7 Å². The second-order valence-corrected chi connectivity index (χ2v) is 7.91. The van der Waals surface area contributed by atoms with Crippen molar-refractivity contribution in [3.8, 4) is 22.6 Å². The molecule has 0 spiro atoms. The molecular weight excluding hydrogens is 374 g/mol. The fourth-order valence-electron chi connectivity index (χ4n) is 3.52. The van der Waals surface area contributed by atoms with Gasteiger partial charge in [0.05, 0.1) is 6.20 Å². The van der Waals surface area contributed by atoms with E-state index in [1.165, 1.54) is 5.56 Å². The van der Waals surface area contributed by atoms with Crippen molar-refractivity contribution in [2.45, 2.75) is 33.0 Å². The second-order valence-electron chi connectivity index (χ2n) is 7.48. The third-order valence-electron chi connectivity index (χ3n) is 4.94. The first-order valence-corrected chi connectivity index (χ1v) is 9.87. The molecule has 0 atom stereocenters. The molecule has 6 heteroatoms. The molecule has 0 radical (unpaired) electrons. The molecule has 28 heavy (non-hydrogen) atoms. The van der Waals surface area contributed by atoms with E-state index in [-0.39, 0.29) is 5.75 Å². The van der Waals surface area contributed by atoms with Crippen molar-refractivity contribution in [3.63, 3.8) is 0 Å². The van der Waals surface area contributed by atoms with Crippen LogP contribution in [0.1, 0.15) is 31.0 Å². The van der Waals surface area contributed by atoms with E-state index < -0.39 is 0 Å². The molecule has 2 heterocycles. The van der Waals surface area contributed by atoms with E-state index in [0.717, 1.165) is 29.8 Å². The number of halogens is 1. The minimum absolute atomic E-state index is 0.168. The van der Waals surface area contributed by atoms with Gasteiger partial charge in [0.2, 0.25) is 0 Å². The molecule has 1 aliphatic heterocycles. The quantitative estimate of drug-likeness (QED) is 0.681. The molecule has 0 saturated carbocycles. The molecular formula is C22H24ClN3O2. The average molecular weight is 398 g/mol. The maximum Gasteiger partial charge on any atom is 0.165 e. The van der Waals surface area contributed by atoms with Crippen LogP contribution in [0.2, 0.25) is 5.02 Å². The van der Waals surface area contributed by atoms with Gasteiger partial charge in [0, 0.05) is 48.0 Å². The molecule has 0 bridgehead atoms. The number of aromatic nitrogens is 2. The van der Waals surface area contributed by atoms with Gasteiger partial charge in [0.1, 0.15) is 6.61 Å².